The number of non-ortho nitro benzene ring substituents is 1. The van der Waals surface area contributed by atoms with Gasteiger partial charge in [0.05, 0.1) is 44.6 Å². The van der Waals surface area contributed by atoms with Crippen LogP contribution in [0.25, 0.3) is 16.5 Å². The minimum Gasteiger partial charge on any atom is -0.267 e. The highest BCUT2D eigenvalue weighted by atomic mass is 35.5. The van der Waals surface area contributed by atoms with E-state index in [1.807, 2.05) is 31.2 Å². The van der Waals surface area contributed by atoms with Crippen molar-refractivity contribution >= 4 is 46.1 Å². The fourth-order valence-electron chi connectivity index (χ4n) is 3.96. The number of hydrogen-bond acceptors (Lipinski definition) is 6. The molecule has 0 saturated heterocycles. The summed E-state index contributed by atoms with van der Waals surface area (Å²) < 4.78 is 1.55. The number of carbonyl (C=O) groups is 2. The molecule has 168 valence electrons. The number of hydrazone groups is 1. The Labute approximate surface area is 198 Å². The molecule has 34 heavy (non-hydrogen) atoms. The number of rotatable bonds is 4. The molecule has 9 nitrogen and oxygen atoms in total. The summed E-state index contributed by atoms with van der Waals surface area (Å²) in [6, 6.07) is 14.8. The molecular weight excluding hydrogens is 458 g/mol. The van der Waals surface area contributed by atoms with Gasteiger partial charge in [-0.05, 0) is 44.2 Å². The van der Waals surface area contributed by atoms with Gasteiger partial charge in [-0.3, -0.25) is 19.7 Å². The summed E-state index contributed by atoms with van der Waals surface area (Å²) in [7, 11) is 0. The zero-order valence-corrected chi connectivity index (χ0v) is 18.8. The molecule has 2 amide bonds. The van der Waals surface area contributed by atoms with Gasteiger partial charge in [-0.1, -0.05) is 35.4 Å². The Morgan fingerprint density at radius 3 is 2.35 bits per heavy atom. The van der Waals surface area contributed by atoms with Crippen molar-refractivity contribution in [3.63, 3.8) is 0 Å². The molecule has 0 spiro atoms. The lowest BCUT2D eigenvalue weighted by Gasteiger charge is -2.22. The lowest BCUT2D eigenvalue weighted by atomic mass is 9.94. The fraction of sp³-hybridized carbons (Fsp3) is 0.0833. The summed E-state index contributed by atoms with van der Waals surface area (Å²) in [5, 5.41) is 21.5. The number of nitro benzene ring substituents is 1. The predicted molar refractivity (Wildman–Crippen MR) is 127 cm³/mol. The number of amides is 2. The Morgan fingerprint density at radius 2 is 1.68 bits per heavy atom. The molecule has 0 aliphatic carbocycles. The fourth-order valence-corrected chi connectivity index (χ4v) is 4.28. The largest absolute Gasteiger partial charge is 0.282 e. The Kier molecular flexibility index (Phi) is 4.98. The van der Waals surface area contributed by atoms with E-state index in [-0.39, 0.29) is 32.7 Å². The maximum atomic E-state index is 13.1. The Hall–Kier alpha value is -4.37. The van der Waals surface area contributed by atoms with Gasteiger partial charge in [-0.15, -0.1) is 0 Å². The summed E-state index contributed by atoms with van der Waals surface area (Å²) in [5.74, 6) is -1.36. The van der Waals surface area contributed by atoms with Crippen molar-refractivity contribution in [2.75, 3.05) is 0 Å². The summed E-state index contributed by atoms with van der Waals surface area (Å²) in [5.41, 5.74) is 3.00. The number of aromatic nitrogens is 2. The number of benzene rings is 3. The number of nitro groups is 1. The van der Waals surface area contributed by atoms with Gasteiger partial charge in [0, 0.05) is 11.5 Å². The molecule has 0 bridgehead atoms. The van der Waals surface area contributed by atoms with Crippen LogP contribution in [0.4, 0.5) is 5.69 Å². The second-order valence-corrected chi connectivity index (χ2v) is 8.18. The minimum absolute atomic E-state index is 0.158. The average Bonchev–Trinajstić information content (AvgIpc) is 3.10. The molecule has 1 aliphatic rings. The van der Waals surface area contributed by atoms with E-state index < -0.39 is 16.7 Å². The number of imide groups is 1. The molecule has 1 aromatic heterocycles. The van der Waals surface area contributed by atoms with Crippen LogP contribution >= 0.6 is 11.6 Å². The Bertz CT molecular complexity index is 1530. The quantitative estimate of drug-likeness (QED) is 0.182. The van der Waals surface area contributed by atoms with Crippen LogP contribution in [0.15, 0.2) is 59.7 Å². The maximum Gasteiger partial charge on any atom is 0.282 e. The standard InChI is InChI=1S/C24H16ClN5O4/c1-13-6-8-15(9-7-13)28-22(25)19(14(2)27-28)12-26-29-23(31)17-5-3-4-16-20(30(33)34)11-10-18(21(16)17)24(29)32/h3-12H,1-2H3/b26-12+. The minimum atomic E-state index is -0.681. The van der Waals surface area contributed by atoms with E-state index in [0.29, 0.717) is 11.3 Å². The number of aryl methyl sites for hydroxylation is 2. The van der Waals surface area contributed by atoms with Crippen molar-refractivity contribution in [2.24, 2.45) is 5.10 Å². The van der Waals surface area contributed by atoms with Crippen LogP contribution in [0, 0.1) is 24.0 Å². The zero-order chi connectivity index (χ0) is 24.1. The molecular formula is C24H16ClN5O4. The third-order valence-electron chi connectivity index (χ3n) is 5.69. The lowest BCUT2D eigenvalue weighted by Crippen LogP contribution is -2.36. The lowest BCUT2D eigenvalue weighted by molar-refractivity contribution is -0.383. The van der Waals surface area contributed by atoms with Gasteiger partial charge >= 0.3 is 0 Å². The molecule has 5 rings (SSSR count). The second kappa shape index (κ2) is 7.89. The summed E-state index contributed by atoms with van der Waals surface area (Å²) in [4.78, 5) is 37.1. The van der Waals surface area contributed by atoms with Crippen LogP contribution in [0.1, 0.15) is 37.5 Å². The zero-order valence-electron chi connectivity index (χ0n) is 18.0. The normalized spacial score (nSPS) is 13.3. The van der Waals surface area contributed by atoms with Crippen molar-refractivity contribution in [2.45, 2.75) is 13.8 Å². The van der Waals surface area contributed by atoms with Crippen LogP contribution in [-0.4, -0.2) is 37.7 Å². The van der Waals surface area contributed by atoms with E-state index in [4.69, 9.17) is 11.6 Å². The highest BCUT2D eigenvalue weighted by Gasteiger charge is 2.34. The molecule has 0 saturated carbocycles. The van der Waals surface area contributed by atoms with Gasteiger partial charge in [-0.25, -0.2) is 4.68 Å². The van der Waals surface area contributed by atoms with Gasteiger partial charge in [0.15, 0.2) is 0 Å². The SMILES string of the molecule is Cc1ccc(-n2nc(C)c(/C=N/N3C(=O)c4cccc5c([N+](=O)[O-])ccc(c45)C3=O)c2Cl)cc1. The monoisotopic (exact) mass is 473 g/mol. The van der Waals surface area contributed by atoms with E-state index in [1.54, 1.807) is 11.6 Å². The van der Waals surface area contributed by atoms with Crippen molar-refractivity contribution in [3.8, 4) is 5.69 Å². The summed E-state index contributed by atoms with van der Waals surface area (Å²) in [6.45, 7) is 3.72. The molecule has 0 fully saturated rings. The second-order valence-electron chi connectivity index (χ2n) is 7.82. The van der Waals surface area contributed by atoms with Gasteiger partial charge in [-0.2, -0.15) is 15.2 Å². The van der Waals surface area contributed by atoms with Crippen molar-refractivity contribution in [1.82, 2.24) is 14.8 Å². The van der Waals surface area contributed by atoms with Crippen molar-refractivity contribution < 1.29 is 14.5 Å². The molecule has 0 unspecified atom stereocenters. The molecule has 2 heterocycles. The average molecular weight is 474 g/mol. The topological polar surface area (TPSA) is 111 Å². The summed E-state index contributed by atoms with van der Waals surface area (Å²) >= 11 is 6.54. The number of halogens is 1. The first kappa shape index (κ1) is 21.5. The van der Waals surface area contributed by atoms with Crippen molar-refractivity contribution in [3.05, 3.63) is 97.8 Å². The first-order valence-corrected chi connectivity index (χ1v) is 10.6. The van der Waals surface area contributed by atoms with Gasteiger partial charge < -0.3 is 0 Å². The number of nitrogens with zero attached hydrogens (tertiary/aromatic N) is 5. The highest BCUT2D eigenvalue weighted by molar-refractivity contribution is 6.32. The van der Waals surface area contributed by atoms with Gasteiger partial charge in [0.2, 0.25) is 0 Å². The van der Waals surface area contributed by atoms with Crippen LogP contribution in [0.2, 0.25) is 5.15 Å². The first-order chi connectivity index (χ1) is 16.3. The van der Waals surface area contributed by atoms with E-state index in [2.05, 4.69) is 10.2 Å². The van der Waals surface area contributed by atoms with Crippen LogP contribution in [0.5, 0.6) is 0 Å². The number of carbonyl (C=O) groups excluding carboxylic acids is 2. The smallest absolute Gasteiger partial charge is 0.267 e. The molecule has 0 atom stereocenters. The molecule has 1 aliphatic heterocycles. The van der Waals surface area contributed by atoms with Crippen LogP contribution in [-0.2, 0) is 0 Å². The molecule has 0 N–H and O–H groups in total. The molecule has 3 aromatic carbocycles. The number of hydrogen-bond donors (Lipinski definition) is 0. The third kappa shape index (κ3) is 3.25. The van der Waals surface area contributed by atoms with E-state index in [1.165, 1.54) is 36.5 Å². The third-order valence-corrected chi connectivity index (χ3v) is 6.05. The van der Waals surface area contributed by atoms with Crippen LogP contribution < -0.4 is 0 Å². The summed E-state index contributed by atoms with van der Waals surface area (Å²) in [6.07, 6.45) is 1.32. The molecule has 10 heteroatoms. The Morgan fingerprint density at radius 1 is 1.00 bits per heavy atom. The maximum absolute atomic E-state index is 13.1. The molecule has 4 aromatic rings. The Balaban J connectivity index is 1.55. The van der Waals surface area contributed by atoms with Crippen LogP contribution in [0.3, 0.4) is 0 Å². The van der Waals surface area contributed by atoms with E-state index in [0.717, 1.165) is 16.3 Å². The first-order valence-electron chi connectivity index (χ1n) is 10.2. The van der Waals surface area contributed by atoms with Gasteiger partial charge in [0.25, 0.3) is 17.5 Å². The van der Waals surface area contributed by atoms with E-state index >= 15 is 0 Å². The van der Waals surface area contributed by atoms with Crippen molar-refractivity contribution in [1.29, 1.82) is 0 Å². The highest BCUT2D eigenvalue weighted by Crippen LogP contribution is 2.35. The van der Waals surface area contributed by atoms with Gasteiger partial charge in [0.1, 0.15) is 5.15 Å². The predicted octanol–water partition coefficient (Wildman–Crippen LogP) is 4.83. The van der Waals surface area contributed by atoms with E-state index in [9.17, 15) is 19.7 Å². The molecule has 0 radical (unpaired) electrons.